The van der Waals surface area contributed by atoms with Gasteiger partial charge in [-0.15, -0.1) is 0 Å². The fourth-order valence-corrected chi connectivity index (χ4v) is 4.40. The van der Waals surface area contributed by atoms with Gasteiger partial charge in [0, 0.05) is 38.8 Å². The lowest BCUT2D eigenvalue weighted by atomic mass is 9.99. The summed E-state index contributed by atoms with van der Waals surface area (Å²) >= 11 is 0. The molecule has 0 saturated carbocycles. The third-order valence-electron chi connectivity index (χ3n) is 5.89. The lowest BCUT2D eigenvalue weighted by Crippen LogP contribution is -2.54. The molecule has 4 heterocycles. The topological polar surface area (TPSA) is 88.7 Å². The van der Waals surface area contributed by atoms with Crippen LogP contribution in [0.3, 0.4) is 0 Å². The molecule has 2 atom stereocenters. The number of ketones is 1. The number of amides is 2. The minimum atomic E-state index is -0.490. The van der Waals surface area contributed by atoms with E-state index in [-0.39, 0.29) is 35.8 Å². The van der Waals surface area contributed by atoms with Crippen molar-refractivity contribution < 1.29 is 18.8 Å². The van der Waals surface area contributed by atoms with Crippen molar-refractivity contribution in [2.45, 2.75) is 50.6 Å². The molecule has 0 radical (unpaired) electrons. The third kappa shape index (κ3) is 3.97. The quantitative estimate of drug-likeness (QED) is 0.721. The van der Waals surface area contributed by atoms with Crippen LogP contribution in [0.4, 0.5) is 0 Å². The summed E-state index contributed by atoms with van der Waals surface area (Å²) in [5.74, 6) is -0.0364. The van der Waals surface area contributed by atoms with Crippen molar-refractivity contribution in [2.75, 3.05) is 13.1 Å². The van der Waals surface area contributed by atoms with Crippen LogP contribution in [0.2, 0.25) is 0 Å². The van der Waals surface area contributed by atoms with Gasteiger partial charge in [0.25, 0.3) is 5.91 Å². The predicted octanol–water partition coefficient (Wildman–Crippen LogP) is 2.27. The van der Waals surface area contributed by atoms with Crippen molar-refractivity contribution in [2.24, 2.45) is 7.05 Å². The zero-order chi connectivity index (χ0) is 20.4. The second-order valence-electron chi connectivity index (χ2n) is 7.85. The molecule has 29 heavy (non-hydrogen) atoms. The number of Topliss-reactive ketones (excluding diaryl/α,β-unsaturated/α-hetero) is 1. The zero-order valence-electron chi connectivity index (χ0n) is 16.6. The maximum Gasteiger partial charge on any atom is 0.290 e. The number of piperidine rings is 1. The number of aromatic nitrogens is 2. The van der Waals surface area contributed by atoms with E-state index < -0.39 is 6.04 Å². The molecule has 2 aromatic rings. The fraction of sp³-hybridized carbons (Fsp3) is 0.524. The number of aryl methyl sites for hydroxylation is 1. The van der Waals surface area contributed by atoms with E-state index >= 15 is 0 Å². The molecule has 2 amide bonds. The summed E-state index contributed by atoms with van der Waals surface area (Å²) in [4.78, 5) is 42.3. The Bertz CT molecular complexity index is 888. The zero-order valence-corrected chi connectivity index (χ0v) is 16.6. The maximum atomic E-state index is 13.4. The third-order valence-corrected chi connectivity index (χ3v) is 5.89. The van der Waals surface area contributed by atoms with Gasteiger partial charge in [-0.1, -0.05) is 0 Å². The first-order chi connectivity index (χ1) is 14.0. The van der Waals surface area contributed by atoms with Crippen molar-refractivity contribution in [3.05, 3.63) is 42.1 Å². The van der Waals surface area contributed by atoms with Crippen LogP contribution < -0.4 is 0 Å². The Hall–Kier alpha value is -2.90. The standard InChI is InChI=1S/C21H26N4O4/c1-23-14-15(13-22-23)18(26)12-16-6-4-10-24(16)20(27)17-7-2-3-9-25(17)21(28)19-8-5-11-29-19/h5,8,11,13-14,16-17H,2-4,6-7,9-10,12H2,1H3. The van der Waals surface area contributed by atoms with Crippen LogP contribution in [0.5, 0.6) is 0 Å². The van der Waals surface area contributed by atoms with E-state index in [4.69, 9.17) is 4.42 Å². The summed E-state index contributed by atoms with van der Waals surface area (Å²) in [6.07, 6.45) is 9.12. The van der Waals surface area contributed by atoms with Gasteiger partial charge in [-0.2, -0.15) is 5.10 Å². The Balaban J connectivity index is 1.47. The van der Waals surface area contributed by atoms with Gasteiger partial charge in [0.15, 0.2) is 11.5 Å². The highest BCUT2D eigenvalue weighted by Gasteiger charge is 2.40. The number of likely N-dealkylation sites (tertiary alicyclic amines) is 2. The second-order valence-corrected chi connectivity index (χ2v) is 7.85. The number of furan rings is 1. The lowest BCUT2D eigenvalue weighted by molar-refractivity contribution is -0.138. The summed E-state index contributed by atoms with van der Waals surface area (Å²) in [5, 5.41) is 4.06. The fourth-order valence-electron chi connectivity index (χ4n) is 4.40. The van der Waals surface area contributed by atoms with Crippen molar-refractivity contribution in [1.29, 1.82) is 0 Å². The molecule has 0 bridgehead atoms. The molecule has 4 rings (SSSR count). The minimum Gasteiger partial charge on any atom is -0.459 e. The summed E-state index contributed by atoms with van der Waals surface area (Å²) < 4.78 is 6.86. The van der Waals surface area contributed by atoms with E-state index in [0.717, 1.165) is 25.7 Å². The molecule has 2 fully saturated rings. The number of nitrogens with zero attached hydrogens (tertiary/aromatic N) is 4. The summed E-state index contributed by atoms with van der Waals surface area (Å²) in [7, 11) is 1.77. The van der Waals surface area contributed by atoms with Gasteiger partial charge in [0.05, 0.1) is 18.0 Å². The van der Waals surface area contributed by atoms with Crippen molar-refractivity contribution in [3.8, 4) is 0 Å². The monoisotopic (exact) mass is 398 g/mol. The first-order valence-corrected chi connectivity index (χ1v) is 10.2. The van der Waals surface area contributed by atoms with E-state index in [1.807, 2.05) is 4.90 Å². The average molecular weight is 398 g/mol. The highest BCUT2D eigenvalue weighted by atomic mass is 16.3. The van der Waals surface area contributed by atoms with Gasteiger partial charge in [0.2, 0.25) is 5.91 Å². The van der Waals surface area contributed by atoms with Crippen LogP contribution in [-0.2, 0) is 11.8 Å². The molecule has 2 unspecified atom stereocenters. The number of hydrogen-bond acceptors (Lipinski definition) is 5. The molecular weight excluding hydrogens is 372 g/mol. The van der Waals surface area contributed by atoms with Crippen molar-refractivity contribution in [3.63, 3.8) is 0 Å². The van der Waals surface area contributed by atoms with Gasteiger partial charge in [0.1, 0.15) is 6.04 Å². The Morgan fingerprint density at radius 1 is 1.14 bits per heavy atom. The van der Waals surface area contributed by atoms with E-state index in [9.17, 15) is 14.4 Å². The Morgan fingerprint density at radius 3 is 2.69 bits per heavy atom. The van der Waals surface area contributed by atoms with Crippen molar-refractivity contribution in [1.82, 2.24) is 19.6 Å². The molecule has 0 aliphatic carbocycles. The van der Waals surface area contributed by atoms with Crippen LogP contribution in [0.1, 0.15) is 59.4 Å². The number of hydrogen-bond donors (Lipinski definition) is 0. The summed E-state index contributed by atoms with van der Waals surface area (Å²) in [6, 6.07) is 2.69. The molecule has 0 aromatic carbocycles. The highest BCUT2D eigenvalue weighted by molar-refractivity contribution is 5.97. The van der Waals surface area contributed by atoms with Gasteiger partial charge >= 0.3 is 0 Å². The normalized spacial score (nSPS) is 22.1. The molecule has 0 N–H and O–H groups in total. The van der Waals surface area contributed by atoms with E-state index in [2.05, 4.69) is 5.10 Å². The predicted molar refractivity (Wildman–Crippen MR) is 104 cm³/mol. The van der Waals surface area contributed by atoms with Crippen molar-refractivity contribution >= 4 is 17.6 Å². The molecule has 8 heteroatoms. The molecule has 2 aliphatic heterocycles. The van der Waals surface area contributed by atoms with Crippen LogP contribution >= 0.6 is 0 Å². The average Bonchev–Trinajstić information content (AvgIpc) is 3.49. The molecule has 0 spiro atoms. The number of carbonyl (C=O) groups is 3. The molecule has 2 saturated heterocycles. The largest absolute Gasteiger partial charge is 0.459 e. The second kappa shape index (κ2) is 8.23. The number of rotatable bonds is 5. The van der Waals surface area contributed by atoms with Gasteiger partial charge in [-0.05, 0) is 44.2 Å². The smallest absolute Gasteiger partial charge is 0.290 e. The van der Waals surface area contributed by atoms with E-state index in [1.54, 1.807) is 41.2 Å². The molecule has 8 nitrogen and oxygen atoms in total. The van der Waals surface area contributed by atoms with Crippen LogP contribution in [0.15, 0.2) is 35.2 Å². The molecule has 154 valence electrons. The van der Waals surface area contributed by atoms with E-state index in [0.29, 0.717) is 25.1 Å². The van der Waals surface area contributed by atoms with Gasteiger partial charge in [-0.3, -0.25) is 19.1 Å². The Morgan fingerprint density at radius 2 is 1.97 bits per heavy atom. The minimum absolute atomic E-state index is 0.00466. The molecular formula is C21H26N4O4. The van der Waals surface area contributed by atoms with Gasteiger partial charge in [-0.25, -0.2) is 0 Å². The SMILES string of the molecule is Cn1cc(C(=O)CC2CCCN2C(=O)C2CCCCN2C(=O)c2ccco2)cn1. The summed E-state index contributed by atoms with van der Waals surface area (Å²) in [5.41, 5.74) is 0.569. The Kier molecular flexibility index (Phi) is 5.51. The van der Waals surface area contributed by atoms with E-state index in [1.165, 1.54) is 6.26 Å². The molecule has 2 aliphatic rings. The van der Waals surface area contributed by atoms with Gasteiger partial charge < -0.3 is 14.2 Å². The van der Waals surface area contributed by atoms with Crippen LogP contribution in [-0.4, -0.2) is 62.4 Å². The summed E-state index contributed by atoms with van der Waals surface area (Å²) in [6.45, 7) is 1.17. The molecule has 2 aromatic heterocycles. The maximum absolute atomic E-state index is 13.4. The van der Waals surface area contributed by atoms with Crippen LogP contribution in [0, 0.1) is 0 Å². The number of carbonyl (C=O) groups excluding carboxylic acids is 3. The Labute approximate surface area is 169 Å². The first-order valence-electron chi connectivity index (χ1n) is 10.2. The van der Waals surface area contributed by atoms with Crippen LogP contribution in [0.25, 0.3) is 0 Å². The highest BCUT2D eigenvalue weighted by Crippen LogP contribution is 2.27. The first kappa shape index (κ1) is 19.4. The lowest BCUT2D eigenvalue weighted by Gasteiger charge is -2.37.